The number of carbonyl (C=O) groups excluding carboxylic acids is 3. The maximum atomic E-state index is 12.3. The molecule has 1 amide bonds. The van der Waals surface area contributed by atoms with Gasteiger partial charge in [0.25, 0.3) is 5.91 Å². The zero-order valence-electron chi connectivity index (χ0n) is 14.2. The molecular formula is C19H19NO5. The molecule has 0 aliphatic heterocycles. The highest BCUT2D eigenvalue weighted by Gasteiger charge is 2.18. The van der Waals surface area contributed by atoms with Gasteiger partial charge < -0.3 is 14.8 Å². The summed E-state index contributed by atoms with van der Waals surface area (Å²) in [4.78, 5) is 35.3. The second-order valence-corrected chi connectivity index (χ2v) is 5.37. The van der Waals surface area contributed by atoms with Gasteiger partial charge >= 0.3 is 5.97 Å². The molecule has 6 heteroatoms. The van der Waals surface area contributed by atoms with E-state index >= 15 is 0 Å². The van der Waals surface area contributed by atoms with Crippen LogP contribution in [0.3, 0.4) is 0 Å². The van der Waals surface area contributed by atoms with Crippen molar-refractivity contribution in [1.82, 2.24) is 0 Å². The first-order chi connectivity index (χ1) is 11.9. The molecule has 2 aromatic carbocycles. The summed E-state index contributed by atoms with van der Waals surface area (Å²) in [7, 11) is 1.28. The van der Waals surface area contributed by atoms with Crippen LogP contribution in [0.15, 0.2) is 48.5 Å². The zero-order valence-corrected chi connectivity index (χ0v) is 14.2. The Balaban J connectivity index is 2.06. The average molecular weight is 341 g/mol. The van der Waals surface area contributed by atoms with Crippen molar-refractivity contribution in [2.24, 2.45) is 0 Å². The molecule has 6 nitrogen and oxygen atoms in total. The predicted molar refractivity (Wildman–Crippen MR) is 92.9 cm³/mol. The third-order valence-corrected chi connectivity index (χ3v) is 3.53. The topological polar surface area (TPSA) is 81.7 Å². The largest absolute Gasteiger partial charge is 0.481 e. The van der Waals surface area contributed by atoms with Crippen molar-refractivity contribution in [3.63, 3.8) is 0 Å². The van der Waals surface area contributed by atoms with Gasteiger partial charge in [0.15, 0.2) is 11.9 Å². The third kappa shape index (κ3) is 4.67. The number of esters is 1. The summed E-state index contributed by atoms with van der Waals surface area (Å²) in [5, 5.41) is 2.66. The highest BCUT2D eigenvalue weighted by Crippen LogP contribution is 2.18. The minimum Gasteiger partial charge on any atom is -0.481 e. The van der Waals surface area contributed by atoms with Crippen LogP contribution < -0.4 is 10.1 Å². The molecule has 25 heavy (non-hydrogen) atoms. The number of benzene rings is 2. The second kappa shape index (κ2) is 8.10. The van der Waals surface area contributed by atoms with Gasteiger partial charge in [0, 0.05) is 5.56 Å². The van der Waals surface area contributed by atoms with Crippen LogP contribution in [0.5, 0.6) is 5.75 Å². The number of hydrogen-bond donors (Lipinski definition) is 1. The number of ketones is 1. The van der Waals surface area contributed by atoms with Crippen LogP contribution in [0.4, 0.5) is 5.69 Å². The lowest BCUT2D eigenvalue weighted by molar-refractivity contribution is -0.122. The van der Waals surface area contributed by atoms with Crippen molar-refractivity contribution in [2.45, 2.75) is 20.0 Å². The number of para-hydroxylation sites is 1. The Morgan fingerprint density at radius 1 is 1.00 bits per heavy atom. The van der Waals surface area contributed by atoms with Gasteiger partial charge in [-0.3, -0.25) is 9.59 Å². The van der Waals surface area contributed by atoms with E-state index in [4.69, 9.17) is 9.47 Å². The van der Waals surface area contributed by atoms with E-state index in [1.165, 1.54) is 14.0 Å². The molecule has 1 unspecified atom stereocenters. The Hall–Kier alpha value is -3.15. The number of carbonyl (C=O) groups is 3. The monoisotopic (exact) mass is 341 g/mol. The molecule has 0 aromatic heterocycles. The number of ether oxygens (including phenoxy) is 2. The Labute approximate surface area is 145 Å². The van der Waals surface area contributed by atoms with Gasteiger partial charge in [0.1, 0.15) is 5.75 Å². The summed E-state index contributed by atoms with van der Waals surface area (Å²) in [6.45, 7) is 3.07. The molecule has 0 heterocycles. The highest BCUT2D eigenvalue weighted by atomic mass is 16.5. The van der Waals surface area contributed by atoms with Crippen LogP contribution in [0.25, 0.3) is 0 Å². The van der Waals surface area contributed by atoms with Gasteiger partial charge in [0.05, 0.1) is 18.4 Å². The first-order valence-corrected chi connectivity index (χ1v) is 7.68. The van der Waals surface area contributed by atoms with Crippen LogP contribution >= 0.6 is 0 Å². The third-order valence-electron chi connectivity index (χ3n) is 3.53. The predicted octanol–water partition coefficient (Wildman–Crippen LogP) is 3.08. The molecular weight excluding hydrogens is 322 g/mol. The summed E-state index contributed by atoms with van der Waals surface area (Å²) in [6, 6.07) is 13.1. The van der Waals surface area contributed by atoms with Crippen molar-refractivity contribution >= 4 is 23.3 Å². The van der Waals surface area contributed by atoms with E-state index in [0.717, 1.165) is 0 Å². The molecule has 1 atom stereocenters. The molecule has 1 N–H and O–H groups in total. The van der Waals surface area contributed by atoms with E-state index in [2.05, 4.69) is 5.32 Å². The number of hydrogen-bond acceptors (Lipinski definition) is 5. The number of Topliss-reactive ketones (excluding diaryl/α,β-unsaturated/α-hetero) is 1. The lowest BCUT2D eigenvalue weighted by Gasteiger charge is -2.16. The fourth-order valence-electron chi connectivity index (χ4n) is 2.14. The van der Waals surface area contributed by atoms with Crippen LogP contribution in [0.2, 0.25) is 0 Å². The summed E-state index contributed by atoms with van der Waals surface area (Å²) in [6.07, 6.45) is -0.797. The quantitative estimate of drug-likeness (QED) is 0.645. The van der Waals surface area contributed by atoms with E-state index < -0.39 is 18.0 Å². The zero-order chi connectivity index (χ0) is 18.4. The van der Waals surface area contributed by atoms with Crippen molar-refractivity contribution in [3.8, 4) is 5.75 Å². The molecule has 130 valence electrons. The standard InChI is InChI=1S/C19H19NO5/c1-12(21)14-8-10-15(11-9-14)25-13(2)18(22)20-17-7-5-4-6-16(17)19(23)24-3/h4-11,13H,1-3H3,(H,20,22). The summed E-state index contributed by atoms with van der Waals surface area (Å²) in [5.74, 6) is -0.526. The molecule has 0 spiro atoms. The number of amides is 1. The smallest absolute Gasteiger partial charge is 0.339 e. The molecule has 0 saturated carbocycles. The normalized spacial score (nSPS) is 11.3. The van der Waals surface area contributed by atoms with Crippen molar-refractivity contribution < 1.29 is 23.9 Å². The highest BCUT2D eigenvalue weighted by molar-refractivity contribution is 6.02. The van der Waals surface area contributed by atoms with E-state index in [1.54, 1.807) is 55.5 Å². The first kappa shape index (κ1) is 18.2. The maximum absolute atomic E-state index is 12.3. The minimum atomic E-state index is -0.797. The molecule has 2 rings (SSSR count). The maximum Gasteiger partial charge on any atom is 0.339 e. The fraction of sp³-hybridized carbons (Fsp3) is 0.211. The van der Waals surface area contributed by atoms with E-state index in [-0.39, 0.29) is 11.3 Å². The minimum absolute atomic E-state index is 0.0447. The van der Waals surface area contributed by atoms with Crippen molar-refractivity contribution in [1.29, 1.82) is 0 Å². The van der Waals surface area contributed by atoms with Crippen LogP contribution in [0, 0.1) is 0 Å². The fourth-order valence-corrected chi connectivity index (χ4v) is 2.14. The van der Waals surface area contributed by atoms with Gasteiger partial charge in [-0.1, -0.05) is 12.1 Å². The molecule has 0 aliphatic carbocycles. The summed E-state index contributed by atoms with van der Waals surface area (Å²) < 4.78 is 10.3. The van der Waals surface area contributed by atoms with Gasteiger partial charge in [-0.25, -0.2) is 4.79 Å². The van der Waals surface area contributed by atoms with E-state index in [0.29, 0.717) is 17.0 Å². The van der Waals surface area contributed by atoms with Crippen molar-refractivity contribution in [2.75, 3.05) is 12.4 Å². The van der Waals surface area contributed by atoms with E-state index in [9.17, 15) is 14.4 Å². The van der Waals surface area contributed by atoms with Crippen molar-refractivity contribution in [3.05, 3.63) is 59.7 Å². The van der Waals surface area contributed by atoms with Crippen LogP contribution in [-0.4, -0.2) is 30.9 Å². The molecule has 0 saturated heterocycles. The number of methoxy groups -OCH3 is 1. The Morgan fingerprint density at radius 3 is 2.24 bits per heavy atom. The lowest BCUT2D eigenvalue weighted by atomic mass is 10.1. The van der Waals surface area contributed by atoms with Crippen LogP contribution in [-0.2, 0) is 9.53 Å². The Morgan fingerprint density at radius 2 is 1.64 bits per heavy atom. The average Bonchev–Trinajstić information content (AvgIpc) is 2.61. The molecule has 0 radical (unpaired) electrons. The SMILES string of the molecule is COC(=O)c1ccccc1NC(=O)C(C)Oc1ccc(C(C)=O)cc1. The Kier molecular flexibility index (Phi) is 5.89. The van der Waals surface area contributed by atoms with Gasteiger partial charge in [0.2, 0.25) is 0 Å². The Bertz CT molecular complexity index is 783. The number of nitrogens with one attached hydrogen (secondary N) is 1. The lowest BCUT2D eigenvalue weighted by Crippen LogP contribution is -2.30. The van der Waals surface area contributed by atoms with E-state index in [1.807, 2.05) is 0 Å². The van der Waals surface area contributed by atoms with Gasteiger partial charge in [-0.2, -0.15) is 0 Å². The number of rotatable bonds is 6. The summed E-state index contributed by atoms with van der Waals surface area (Å²) in [5.41, 5.74) is 1.18. The molecule has 2 aromatic rings. The summed E-state index contributed by atoms with van der Waals surface area (Å²) >= 11 is 0. The molecule has 0 fully saturated rings. The van der Waals surface area contributed by atoms with Gasteiger partial charge in [-0.05, 0) is 50.2 Å². The first-order valence-electron chi connectivity index (χ1n) is 7.68. The second-order valence-electron chi connectivity index (χ2n) is 5.37. The van der Waals surface area contributed by atoms with Gasteiger partial charge in [-0.15, -0.1) is 0 Å². The molecule has 0 bridgehead atoms. The number of anilines is 1. The van der Waals surface area contributed by atoms with Crippen LogP contribution in [0.1, 0.15) is 34.6 Å². The molecule has 0 aliphatic rings.